The van der Waals surface area contributed by atoms with Gasteiger partial charge in [-0.1, -0.05) is 0 Å². The van der Waals surface area contributed by atoms with Crippen molar-refractivity contribution < 1.29 is 0 Å². The molecule has 0 unspecified atom stereocenters. The molecule has 6 nitrogen and oxygen atoms in total. The Labute approximate surface area is 146 Å². The number of rotatable bonds is 6. The first-order valence-corrected chi connectivity index (χ1v) is 8.41. The Hall–Kier alpha value is -1.17. The quantitative estimate of drug-likeness (QED) is 0.547. The van der Waals surface area contributed by atoms with Crippen LogP contribution in [0.3, 0.4) is 0 Å². The second-order valence-corrected chi connectivity index (χ2v) is 7.32. The fourth-order valence-corrected chi connectivity index (χ4v) is 2.39. The summed E-state index contributed by atoms with van der Waals surface area (Å²) in [5, 5.41) is 22.2. The minimum atomic E-state index is -0.388. The van der Waals surface area contributed by atoms with Crippen LogP contribution >= 0.6 is 12.4 Å². The Morgan fingerprint density at radius 3 is 1.26 bits per heavy atom. The van der Waals surface area contributed by atoms with Gasteiger partial charge in [0.05, 0.1) is 12.4 Å². The summed E-state index contributed by atoms with van der Waals surface area (Å²) in [4.78, 5) is 0. The van der Waals surface area contributed by atoms with Crippen molar-refractivity contribution in [3.8, 4) is 0 Å². The van der Waals surface area contributed by atoms with Crippen LogP contribution in [0.5, 0.6) is 0 Å². The minimum Gasteiger partial charge on any atom is -0.297 e. The monoisotopic (exact) mass is 342 g/mol. The van der Waals surface area contributed by atoms with Crippen molar-refractivity contribution in [3.05, 3.63) is 0 Å². The normalized spacial score (nSPS) is 20.3. The average Bonchev–Trinajstić information content (AvgIpc) is 3.14. The molecule has 2 aliphatic heterocycles. The summed E-state index contributed by atoms with van der Waals surface area (Å²) in [5.74, 6) is 0. The molecule has 0 amide bonds. The van der Waals surface area contributed by atoms with Crippen LogP contribution < -0.4 is 0 Å². The number of hydrogen-bond donors (Lipinski definition) is 0. The van der Waals surface area contributed by atoms with Crippen LogP contribution in [0, 0.1) is 0 Å². The molecule has 0 aromatic carbocycles. The molecule has 7 heteroatoms. The number of hydrazone groups is 2. The highest BCUT2D eigenvalue weighted by Gasteiger charge is 2.20. The summed E-state index contributed by atoms with van der Waals surface area (Å²) in [6, 6.07) is 0. The van der Waals surface area contributed by atoms with Gasteiger partial charge in [0.15, 0.2) is 0 Å². The fourth-order valence-electron chi connectivity index (χ4n) is 2.39. The number of halogens is 1. The van der Waals surface area contributed by atoms with Crippen LogP contribution in [0.1, 0.15) is 53.4 Å². The summed E-state index contributed by atoms with van der Waals surface area (Å²) >= 11 is 0. The van der Waals surface area contributed by atoms with Crippen molar-refractivity contribution in [2.24, 2.45) is 20.4 Å². The Bertz CT molecular complexity index is 392. The first-order valence-electron chi connectivity index (χ1n) is 8.41. The number of nitrogens with zero attached hydrogens (tertiary/aromatic N) is 6. The molecule has 23 heavy (non-hydrogen) atoms. The third-order valence-corrected chi connectivity index (χ3v) is 3.80. The van der Waals surface area contributed by atoms with Crippen molar-refractivity contribution in [1.82, 2.24) is 10.0 Å². The largest absolute Gasteiger partial charge is 0.297 e. The van der Waals surface area contributed by atoms with E-state index in [0.29, 0.717) is 0 Å². The van der Waals surface area contributed by atoms with E-state index in [1.165, 1.54) is 25.7 Å². The third kappa shape index (κ3) is 7.29. The van der Waals surface area contributed by atoms with Gasteiger partial charge in [-0.25, -0.2) is 0 Å². The van der Waals surface area contributed by atoms with E-state index in [-0.39, 0.29) is 23.5 Å². The van der Waals surface area contributed by atoms with Crippen molar-refractivity contribution >= 4 is 24.8 Å². The Balaban J connectivity index is 0.00000264. The minimum absolute atomic E-state index is 0. The first kappa shape index (κ1) is 19.9. The summed E-state index contributed by atoms with van der Waals surface area (Å²) < 4.78 is 0. The fraction of sp³-hybridized carbons (Fsp3) is 0.875. The molecule has 0 radical (unpaired) electrons. The first-order chi connectivity index (χ1) is 10.4. The van der Waals surface area contributed by atoms with Gasteiger partial charge < -0.3 is 0 Å². The Kier molecular flexibility index (Phi) is 7.45. The van der Waals surface area contributed by atoms with E-state index in [2.05, 4.69) is 30.4 Å². The van der Waals surface area contributed by atoms with Crippen LogP contribution in [0.25, 0.3) is 0 Å². The van der Waals surface area contributed by atoms with E-state index in [1.54, 1.807) is 0 Å². The smallest absolute Gasteiger partial charge is 0.113 e. The zero-order chi connectivity index (χ0) is 16.1. The van der Waals surface area contributed by atoms with E-state index >= 15 is 0 Å². The summed E-state index contributed by atoms with van der Waals surface area (Å²) in [6.07, 6.45) is 8.74. The molecular formula is C16H31ClN6. The standard InChI is InChI=1S/C16H30N6.ClH/c1-15(2,13-17-21-9-5-6-10-21)19-20-16(3,4)14-18-22-11-7-8-12-22;/h13-14H,5-12H2,1-4H3;1H. The maximum Gasteiger partial charge on any atom is 0.113 e. The van der Waals surface area contributed by atoms with Gasteiger partial charge in [-0.3, -0.25) is 10.0 Å². The molecule has 0 aromatic rings. The third-order valence-electron chi connectivity index (χ3n) is 3.80. The van der Waals surface area contributed by atoms with Gasteiger partial charge in [-0.05, 0) is 53.4 Å². The molecule has 2 fully saturated rings. The number of azo groups is 1. The van der Waals surface area contributed by atoms with Crippen molar-refractivity contribution in [3.63, 3.8) is 0 Å². The molecular weight excluding hydrogens is 312 g/mol. The van der Waals surface area contributed by atoms with Crippen molar-refractivity contribution in [2.45, 2.75) is 64.5 Å². The van der Waals surface area contributed by atoms with Gasteiger partial charge in [0.25, 0.3) is 0 Å². The average molecular weight is 343 g/mol. The van der Waals surface area contributed by atoms with E-state index in [0.717, 1.165) is 26.2 Å². The molecule has 2 saturated heterocycles. The summed E-state index contributed by atoms with van der Waals surface area (Å²) in [5.41, 5.74) is -0.775. The summed E-state index contributed by atoms with van der Waals surface area (Å²) in [6.45, 7) is 12.3. The van der Waals surface area contributed by atoms with Gasteiger partial charge in [0, 0.05) is 26.2 Å². The molecule has 0 N–H and O–H groups in total. The van der Waals surface area contributed by atoms with Gasteiger partial charge in [0.2, 0.25) is 0 Å². The van der Waals surface area contributed by atoms with E-state index < -0.39 is 0 Å². The van der Waals surface area contributed by atoms with Gasteiger partial charge in [-0.15, -0.1) is 12.4 Å². The maximum absolute atomic E-state index is 4.52. The molecule has 0 spiro atoms. The molecule has 0 saturated carbocycles. The van der Waals surface area contributed by atoms with Crippen LogP contribution in [0.4, 0.5) is 0 Å². The molecule has 0 atom stereocenters. The maximum atomic E-state index is 4.52. The van der Waals surface area contributed by atoms with Gasteiger partial charge in [0.1, 0.15) is 11.1 Å². The second-order valence-electron chi connectivity index (χ2n) is 7.32. The molecule has 2 rings (SSSR count). The van der Waals surface area contributed by atoms with E-state index in [4.69, 9.17) is 0 Å². The lowest BCUT2D eigenvalue weighted by Crippen LogP contribution is -2.26. The highest BCUT2D eigenvalue weighted by Crippen LogP contribution is 2.15. The molecule has 0 bridgehead atoms. The van der Waals surface area contributed by atoms with Crippen molar-refractivity contribution in [1.29, 1.82) is 0 Å². The summed E-state index contributed by atoms with van der Waals surface area (Å²) in [7, 11) is 0. The second kappa shape index (κ2) is 8.62. The van der Waals surface area contributed by atoms with Crippen LogP contribution in [0.2, 0.25) is 0 Å². The Morgan fingerprint density at radius 2 is 0.957 bits per heavy atom. The predicted molar refractivity (Wildman–Crippen MR) is 98.9 cm³/mol. The van der Waals surface area contributed by atoms with Crippen LogP contribution in [-0.2, 0) is 0 Å². The lowest BCUT2D eigenvalue weighted by atomic mass is 10.1. The van der Waals surface area contributed by atoms with Crippen LogP contribution in [-0.4, -0.2) is 59.7 Å². The zero-order valence-electron chi connectivity index (χ0n) is 14.9. The van der Waals surface area contributed by atoms with E-state index in [9.17, 15) is 0 Å². The predicted octanol–water partition coefficient (Wildman–Crippen LogP) is 3.58. The molecule has 0 aromatic heterocycles. The molecule has 2 heterocycles. The topological polar surface area (TPSA) is 55.9 Å². The highest BCUT2D eigenvalue weighted by molar-refractivity contribution is 5.85. The van der Waals surface area contributed by atoms with Gasteiger partial charge >= 0.3 is 0 Å². The van der Waals surface area contributed by atoms with Crippen molar-refractivity contribution in [2.75, 3.05) is 26.2 Å². The molecule has 2 aliphatic rings. The highest BCUT2D eigenvalue weighted by atomic mass is 35.5. The zero-order valence-corrected chi connectivity index (χ0v) is 15.7. The Morgan fingerprint density at radius 1 is 0.652 bits per heavy atom. The SMILES string of the molecule is CC(C)(C=NN1CCCC1)N=NC(C)(C)C=NN1CCCC1.Cl. The van der Waals surface area contributed by atoms with Crippen LogP contribution in [0.15, 0.2) is 20.4 Å². The van der Waals surface area contributed by atoms with Gasteiger partial charge in [-0.2, -0.15) is 20.4 Å². The number of hydrogen-bond acceptors (Lipinski definition) is 6. The molecule has 0 aliphatic carbocycles. The van der Waals surface area contributed by atoms with E-state index in [1.807, 2.05) is 40.1 Å². The lowest BCUT2D eigenvalue weighted by molar-refractivity contribution is 0.357. The lowest BCUT2D eigenvalue weighted by Gasteiger charge is -2.19. The molecule has 132 valence electrons.